The molecule has 1 aromatic heterocycles. The first-order valence-corrected chi connectivity index (χ1v) is 7.29. The van der Waals surface area contributed by atoms with Crippen LogP contribution in [0.25, 0.3) is 0 Å². The molecule has 5 nitrogen and oxygen atoms in total. The van der Waals surface area contributed by atoms with Crippen molar-refractivity contribution in [2.45, 2.75) is 45.6 Å². The van der Waals surface area contributed by atoms with Crippen molar-refractivity contribution in [3.8, 4) is 0 Å². The Morgan fingerprint density at radius 2 is 2.10 bits per heavy atom. The zero-order chi connectivity index (χ0) is 15.1. The number of aromatic nitrogens is 2. The Morgan fingerprint density at radius 1 is 1.48 bits per heavy atom. The van der Waals surface area contributed by atoms with Crippen molar-refractivity contribution in [1.29, 1.82) is 0 Å². The highest BCUT2D eigenvalue weighted by Gasteiger charge is 2.34. The third-order valence-corrected chi connectivity index (χ3v) is 4.12. The number of aryl methyl sites for hydroxylation is 1. The highest BCUT2D eigenvalue weighted by molar-refractivity contribution is 5.93. The largest absolute Gasteiger partial charge is 0.334 e. The SMILES string of the molecule is CC1CC(CN)CN1C(=O)c1cc(C(C)(C)C)nn1C.Cl. The molecule has 2 unspecified atom stereocenters. The van der Waals surface area contributed by atoms with Crippen molar-refractivity contribution in [3.63, 3.8) is 0 Å². The van der Waals surface area contributed by atoms with E-state index in [2.05, 4.69) is 32.8 Å². The van der Waals surface area contributed by atoms with Crippen LogP contribution in [-0.2, 0) is 12.5 Å². The predicted octanol–water partition coefficient (Wildman–Crippen LogP) is 1.95. The molecule has 6 heteroatoms. The first-order chi connectivity index (χ1) is 9.24. The Morgan fingerprint density at radius 3 is 2.52 bits per heavy atom. The predicted molar refractivity (Wildman–Crippen MR) is 86.8 cm³/mol. The van der Waals surface area contributed by atoms with Crippen LogP contribution < -0.4 is 5.73 Å². The van der Waals surface area contributed by atoms with Crippen molar-refractivity contribution in [2.24, 2.45) is 18.7 Å². The first-order valence-electron chi connectivity index (χ1n) is 7.29. The quantitative estimate of drug-likeness (QED) is 0.907. The number of rotatable bonds is 2. The number of hydrogen-bond donors (Lipinski definition) is 1. The molecule has 2 atom stereocenters. The Balaban J connectivity index is 0.00000220. The van der Waals surface area contributed by atoms with Gasteiger partial charge in [-0.15, -0.1) is 12.4 Å². The average Bonchev–Trinajstić information content (AvgIpc) is 2.91. The Labute approximate surface area is 133 Å². The summed E-state index contributed by atoms with van der Waals surface area (Å²) in [5.74, 6) is 0.489. The van der Waals surface area contributed by atoms with E-state index in [1.165, 1.54) is 0 Å². The van der Waals surface area contributed by atoms with Crippen LogP contribution in [0, 0.1) is 5.92 Å². The minimum Gasteiger partial charge on any atom is -0.334 e. The van der Waals surface area contributed by atoms with Gasteiger partial charge in [0.25, 0.3) is 5.91 Å². The van der Waals surface area contributed by atoms with Crippen LogP contribution in [0.2, 0.25) is 0 Å². The minimum atomic E-state index is -0.0489. The third kappa shape index (κ3) is 3.58. The lowest BCUT2D eigenvalue weighted by molar-refractivity contribution is 0.0732. The second-order valence-electron chi connectivity index (χ2n) is 6.93. The molecule has 1 aliphatic rings. The van der Waals surface area contributed by atoms with Gasteiger partial charge < -0.3 is 10.6 Å². The normalized spacial score (nSPS) is 22.3. The average molecular weight is 315 g/mol. The van der Waals surface area contributed by atoms with E-state index >= 15 is 0 Å². The third-order valence-electron chi connectivity index (χ3n) is 4.12. The van der Waals surface area contributed by atoms with E-state index in [4.69, 9.17) is 5.73 Å². The summed E-state index contributed by atoms with van der Waals surface area (Å²) in [6, 6.07) is 2.18. The highest BCUT2D eigenvalue weighted by Crippen LogP contribution is 2.26. The van der Waals surface area contributed by atoms with Crippen molar-refractivity contribution < 1.29 is 4.79 Å². The number of likely N-dealkylation sites (tertiary alicyclic amines) is 1. The van der Waals surface area contributed by atoms with Gasteiger partial charge in [-0.25, -0.2) is 0 Å². The molecule has 1 fully saturated rings. The lowest BCUT2D eigenvalue weighted by Gasteiger charge is -2.21. The molecule has 120 valence electrons. The zero-order valence-corrected chi connectivity index (χ0v) is 14.4. The van der Waals surface area contributed by atoms with E-state index < -0.39 is 0 Å². The fourth-order valence-corrected chi connectivity index (χ4v) is 2.78. The Kier molecular flexibility index (Phi) is 5.45. The highest BCUT2D eigenvalue weighted by atomic mass is 35.5. The molecule has 0 spiro atoms. The summed E-state index contributed by atoms with van der Waals surface area (Å²) in [4.78, 5) is 14.6. The Bertz CT molecular complexity index is 506. The van der Waals surface area contributed by atoms with Gasteiger partial charge in [-0.1, -0.05) is 20.8 Å². The van der Waals surface area contributed by atoms with Crippen molar-refractivity contribution in [1.82, 2.24) is 14.7 Å². The van der Waals surface area contributed by atoms with Crippen LogP contribution in [-0.4, -0.2) is 39.7 Å². The minimum absolute atomic E-state index is 0. The van der Waals surface area contributed by atoms with E-state index in [1.807, 2.05) is 18.0 Å². The van der Waals surface area contributed by atoms with Gasteiger partial charge in [-0.05, 0) is 31.9 Å². The summed E-state index contributed by atoms with van der Waals surface area (Å²) in [6.45, 7) is 9.81. The van der Waals surface area contributed by atoms with Crippen LogP contribution in [0.3, 0.4) is 0 Å². The van der Waals surface area contributed by atoms with Crippen LogP contribution in [0.1, 0.15) is 50.3 Å². The van der Waals surface area contributed by atoms with Gasteiger partial charge in [0.05, 0.1) is 5.69 Å². The number of carbonyl (C=O) groups is 1. The standard InChI is InChI=1S/C15H26N4O.ClH/c1-10-6-11(8-16)9-19(10)14(20)12-7-13(15(2,3)4)17-18(12)5;/h7,10-11H,6,8-9,16H2,1-5H3;1H. The lowest BCUT2D eigenvalue weighted by Crippen LogP contribution is -2.35. The summed E-state index contributed by atoms with van der Waals surface area (Å²) in [7, 11) is 1.84. The summed E-state index contributed by atoms with van der Waals surface area (Å²) in [5.41, 5.74) is 7.30. The number of amides is 1. The molecule has 1 amide bonds. The van der Waals surface area contributed by atoms with Gasteiger partial charge in [0.2, 0.25) is 0 Å². The van der Waals surface area contributed by atoms with Crippen LogP contribution >= 0.6 is 12.4 Å². The molecule has 1 saturated heterocycles. The van der Waals surface area contributed by atoms with E-state index in [0.29, 0.717) is 18.2 Å². The molecule has 2 rings (SSSR count). The van der Waals surface area contributed by atoms with Gasteiger partial charge in [0, 0.05) is 25.0 Å². The zero-order valence-electron chi connectivity index (χ0n) is 13.6. The van der Waals surface area contributed by atoms with Gasteiger partial charge in [-0.2, -0.15) is 5.10 Å². The Hall–Kier alpha value is -1.07. The maximum absolute atomic E-state index is 12.7. The second kappa shape index (κ2) is 6.36. The number of nitrogens with zero attached hydrogens (tertiary/aromatic N) is 3. The molecule has 1 aliphatic heterocycles. The molecule has 0 bridgehead atoms. The van der Waals surface area contributed by atoms with Crippen LogP contribution in [0.4, 0.5) is 0 Å². The van der Waals surface area contributed by atoms with Crippen LogP contribution in [0.5, 0.6) is 0 Å². The van der Waals surface area contributed by atoms with E-state index in [1.54, 1.807) is 4.68 Å². The van der Waals surface area contributed by atoms with Gasteiger partial charge >= 0.3 is 0 Å². The molecular formula is C15H27ClN4O. The molecule has 21 heavy (non-hydrogen) atoms. The molecule has 0 aliphatic carbocycles. The number of nitrogens with two attached hydrogens (primary N) is 1. The topological polar surface area (TPSA) is 64.2 Å². The molecule has 2 N–H and O–H groups in total. The molecule has 1 aromatic rings. The summed E-state index contributed by atoms with van der Waals surface area (Å²) in [6.07, 6.45) is 0.992. The van der Waals surface area contributed by atoms with Crippen molar-refractivity contribution >= 4 is 18.3 Å². The maximum atomic E-state index is 12.7. The maximum Gasteiger partial charge on any atom is 0.272 e. The fraction of sp³-hybridized carbons (Fsp3) is 0.733. The molecule has 0 aromatic carbocycles. The lowest BCUT2D eigenvalue weighted by atomic mass is 9.92. The van der Waals surface area contributed by atoms with Gasteiger partial charge in [-0.3, -0.25) is 9.48 Å². The molecule has 2 heterocycles. The van der Waals surface area contributed by atoms with Crippen LogP contribution in [0.15, 0.2) is 6.07 Å². The first kappa shape index (κ1) is 18.0. The van der Waals surface area contributed by atoms with E-state index in [-0.39, 0.29) is 29.8 Å². The number of carbonyl (C=O) groups excluding carboxylic acids is 1. The number of hydrogen-bond acceptors (Lipinski definition) is 3. The molecule has 0 radical (unpaired) electrons. The molecular weight excluding hydrogens is 288 g/mol. The van der Waals surface area contributed by atoms with E-state index in [9.17, 15) is 4.79 Å². The summed E-state index contributed by atoms with van der Waals surface area (Å²) >= 11 is 0. The fourth-order valence-electron chi connectivity index (χ4n) is 2.78. The smallest absolute Gasteiger partial charge is 0.272 e. The van der Waals surface area contributed by atoms with Gasteiger partial charge in [0.15, 0.2) is 0 Å². The summed E-state index contributed by atoms with van der Waals surface area (Å²) < 4.78 is 1.70. The molecule has 0 saturated carbocycles. The van der Waals surface area contributed by atoms with E-state index in [0.717, 1.165) is 18.7 Å². The monoisotopic (exact) mass is 314 g/mol. The second-order valence-corrected chi connectivity index (χ2v) is 6.93. The summed E-state index contributed by atoms with van der Waals surface area (Å²) in [5, 5.41) is 4.48. The number of halogens is 1. The van der Waals surface area contributed by atoms with Gasteiger partial charge in [0.1, 0.15) is 5.69 Å². The van der Waals surface area contributed by atoms with Crippen molar-refractivity contribution in [2.75, 3.05) is 13.1 Å². The van der Waals surface area contributed by atoms with Crippen molar-refractivity contribution in [3.05, 3.63) is 17.5 Å².